The van der Waals surface area contributed by atoms with Crippen LogP contribution in [0.1, 0.15) is 11.1 Å². The molecule has 2 aliphatic rings. The lowest BCUT2D eigenvalue weighted by Gasteiger charge is -2.36. The smallest absolute Gasteiger partial charge is 0.193 e. The van der Waals surface area contributed by atoms with Crippen LogP contribution in [-0.4, -0.2) is 82.0 Å². The fourth-order valence-corrected chi connectivity index (χ4v) is 4.66. The van der Waals surface area contributed by atoms with Crippen molar-refractivity contribution in [3.63, 3.8) is 0 Å². The van der Waals surface area contributed by atoms with Gasteiger partial charge in [-0.3, -0.25) is 9.89 Å². The summed E-state index contributed by atoms with van der Waals surface area (Å²) in [5, 5.41) is 3.53. The molecular weight excluding hydrogens is 531 g/mol. The topological polar surface area (TPSA) is 58.6 Å². The lowest BCUT2D eigenvalue weighted by atomic mass is 10.1. The minimum absolute atomic E-state index is 0. The van der Waals surface area contributed by atoms with E-state index in [0.29, 0.717) is 6.04 Å². The molecule has 180 valence electrons. The van der Waals surface area contributed by atoms with Crippen molar-refractivity contribution in [2.24, 2.45) is 4.99 Å². The lowest BCUT2D eigenvalue weighted by Crippen LogP contribution is -2.50. The van der Waals surface area contributed by atoms with Crippen molar-refractivity contribution < 1.29 is 14.2 Å². The van der Waals surface area contributed by atoms with Crippen molar-refractivity contribution in [2.45, 2.75) is 25.1 Å². The molecule has 0 amide bonds. The van der Waals surface area contributed by atoms with Crippen LogP contribution in [0.5, 0.6) is 11.5 Å². The van der Waals surface area contributed by atoms with Crippen LogP contribution >= 0.6 is 24.0 Å². The Hall–Kier alpha value is -2.04. The molecule has 2 heterocycles. The molecule has 0 spiro atoms. The first kappa shape index (κ1) is 25.6. The van der Waals surface area contributed by atoms with Gasteiger partial charge in [-0.15, -0.1) is 24.0 Å². The van der Waals surface area contributed by atoms with Gasteiger partial charge in [0.2, 0.25) is 0 Å². The molecule has 0 aliphatic carbocycles. The Kier molecular flexibility index (Phi) is 9.64. The van der Waals surface area contributed by atoms with Gasteiger partial charge in [-0.2, -0.15) is 0 Å². The fraction of sp³-hybridized carbons (Fsp3) is 0.480. The van der Waals surface area contributed by atoms with E-state index >= 15 is 0 Å². The van der Waals surface area contributed by atoms with Gasteiger partial charge in [0.25, 0.3) is 0 Å². The molecule has 0 radical (unpaired) electrons. The molecule has 7 nitrogen and oxygen atoms in total. The van der Waals surface area contributed by atoms with Crippen LogP contribution in [0.3, 0.4) is 0 Å². The summed E-state index contributed by atoms with van der Waals surface area (Å²) in [5.41, 5.74) is 2.46. The standard InChI is InChI=1S/C25H34N4O3.HI/c1-26-25(27-12-11-20-15-21(30-2)9-10-23(20)31-3)29-17-22-24(18-29)32-14-13-28(22)16-19-7-5-4-6-8-19;/h4-10,15,22,24H,11-14,16-18H2,1-3H3,(H,26,27);1H. The van der Waals surface area contributed by atoms with Crippen molar-refractivity contribution in [1.82, 2.24) is 15.1 Å². The zero-order valence-electron chi connectivity index (χ0n) is 19.7. The molecule has 2 aromatic carbocycles. The second kappa shape index (κ2) is 12.4. The van der Waals surface area contributed by atoms with Crippen LogP contribution in [0.25, 0.3) is 0 Å². The van der Waals surface area contributed by atoms with Gasteiger partial charge in [-0.25, -0.2) is 0 Å². The van der Waals surface area contributed by atoms with Gasteiger partial charge < -0.3 is 24.4 Å². The third-order valence-corrected chi connectivity index (χ3v) is 6.32. The van der Waals surface area contributed by atoms with Gasteiger partial charge in [-0.1, -0.05) is 30.3 Å². The number of benzene rings is 2. The lowest BCUT2D eigenvalue weighted by molar-refractivity contribution is -0.0502. The predicted octanol–water partition coefficient (Wildman–Crippen LogP) is 3.02. The van der Waals surface area contributed by atoms with Crippen molar-refractivity contribution in [2.75, 3.05) is 54.1 Å². The average Bonchev–Trinajstić information content (AvgIpc) is 3.27. The van der Waals surface area contributed by atoms with E-state index < -0.39 is 0 Å². The zero-order chi connectivity index (χ0) is 22.3. The molecule has 2 unspecified atom stereocenters. The number of morpholine rings is 1. The summed E-state index contributed by atoms with van der Waals surface area (Å²) in [6.07, 6.45) is 1.03. The Labute approximate surface area is 214 Å². The van der Waals surface area contributed by atoms with E-state index in [2.05, 4.69) is 50.4 Å². The molecule has 2 aromatic rings. The van der Waals surface area contributed by atoms with Crippen molar-refractivity contribution in [1.29, 1.82) is 0 Å². The van der Waals surface area contributed by atoms with Crippen molar-refractivity contribution >= 4 is 29.9 Å². The van der Waals surface area contributed by atoms with E-state index in [0.717, 1.165) is 68.8 Å². The summed E-state index contributed by atoms with van der Waals surface area (Å²) in [7, 11) is 5.23. The highest BCUT2D eigenvalue weighted by Crippen LogP contribution is 2.26. The number of nitrogens with one attached hydrogen (secondary N) is 1. The largest absolute Gasteiger partial charge is 0.497 e. The van der Waals surface area contributed by atoms with Gasteiger partial charge in [0.15, 0.2) is 5.96 Å². The Morgan fingerprint density at radius 3 is 2.67 bits per heavy atom. The Morgan fingerprint density at radius 1 is 1.12 bits per heavy atom. The number of nitrogens with zero attached hydrogens (tertiary/aromatic N) is 3. The first-order valence-corrected chi connectivity index (χ1v) is 11.3. The second-order valence-electron chi connectivity index (χ2n) is 8.24. The number of aliphatic imine (C=N–C) groups is 1. The molecular formula is C25H35IN4O3. The van der Waals surface area contributed by atoms with Crippen LogP contribution < -0.4 is 14.8 Å². The number of guanidine groups is 1. The summed E-state index contributed by atoms with van der Waals surface area (Å²) in [4.78, 5) is 9.42. The summed E-state index contributed by atoms with van der Waals surface area (Å²) in [6.45, 7) is 5.24. The first-order valence-electron chi connectivity index (χ1n) is 11.3. The maximum Gasteiger partial charge on any atom is 0.193 e. The summed E-state index contributed by atoms with van der Waals surface area (Å²) in [6, 6.07) is 17.0. The molecule has 1 N–H and O–H groups in total. The van der Waals surface area contributed by atoms with Crippen LogP contribution in [0, 0.1) is 0 Å². The van der Waals surface area contributed by atoms with Crippen LogP contribution in [0.2, 0.25) is 0 Å². The molecule has 2 saturated heterocycles. The third kappa shape index (κ3) is 6.30. The summed E-state index contributed by atoms with van der Waals surface area (Å²) < 4.78 is 17.0. The molecule has 2 aliphatic heterocycles. The van der Waals surface area contributed by atoms with Crippen molar-refractivity contribution in [3.05, 3.63) is 59.7 Å². The highest BCUT2D eigenvalue weighted by Gasteiger charge is 2.41. The zero-order valence-corrected chi connectivity index (χ0v) is 22.0. The molecule has 0 aromatic heterocycles. The van der Waals surface area contributed by atoms with Crippen LogP contribution in [0.4, 0.5) is 0 Å². The number of hydrogen-bond donors (Lipinski definition) is 1. The minimum atomic E-state index is 0. The quantitative estimate of drug-likeness (QED) is 0.316. The van der Waals surface area contributed by atoms with Gasteiger partial charge >= 0.3 is 0 Å². The van der Waals surface area contributed by atoms with E-state index in [4.69, 9.17) is 14.2 Å². The Morgan fingerprint density at radius 2 is 1.94 bits per heavy atom. The number of hydrogen-bond acceptors (Lipinski definition) is 5. The average molecular weight is 566 g/mol. The number of ether oxygens (including phenoxy) is 3. The highest BCUT2D eigenvalue weighted by atomic mass is 127. The normalized spacial score (nSPS) is 20.7. The second-order valence-corrected chi connectivity index (χ2v) is 8.24. The number of methoxy groups -OCH3 is 2. The number of rotatable bonds is 7. The number of likely N-dealkylation sites (tertiary alicyclic amines) is 1. The Bertz CT molecular complexity index is 912. The molecule has 8 heteroatoms. The minimum Gasteiger partial charge on any atom is -0.497 e. The van der Waals surface area contributed by atoms with Gasteiger partial charge in [0.05, 0.1) is 33.0 Å². The maximum absolute atomic E-state index is 6.13. The number of halogens is 1. The Balaban J connectivity index is 0.00000306. The van der Waals surface area contributed by atoms with E-state index in [9.17, 15) is 0 Å². The van der Waals surface area contributed by atoms with E-state index in [1.165, 1.54) is 5.56 Å². The van der Waals surface area contributed by atoms with E-state index in [1.54, 1.807) is 14.2 Å². The SMILES string of the molecule is CN=C(NCCc1cc(OC)ccc1OC)N1CC2OCCN(Cc3ccccc3)C2C1.I. The third-order valence-electron chi connectivity index (χ3n) is 6.32. The predicted molar refractivity (Wildman–Crippen MR) is 142 cm³/mol. The van der Waals surface area contributed by atoms with Crippen molar-refractivity contribution in [3.8, 4) is 11.5 Å². The van der Waals surface area contributed by atoms with Gasteiger partial charge in [0.1, 0.15) is 11.5 Å². The maximum atomic E-state index is 6.13. The molecule has 4 rings (SSSR count). The highest BCUT2D eigenvalue weighted by molar-refractivity contribution is 14.0. The molecule has 0 saturated carbocycles. The van der Waals surface area contributed by atoms with E-state index in [1.807, 2.05) is 25.2 Å². The molecule has 2 atom stereocenters. The monoisotopic (exact) mass is 566 g/mol. The number of fused-ring (bicyclic) bond motifs is 1. The molecule has 0 bridgehead atoms. The summed E-state index contributed by atoms with van der Waals surface area (Å²) in [5.74, 6) is 2.63. The van der Waals surface area contributed by atoms with E-state index in [-0.39, 0.29) is 30.1 Å². The molecule has 2 fully saturated rings. The fourth-order valence-electron chi connectivity index (χ4n) is 4.66. The van der Waals surface area contributed by atoms with Crippen LogP contribution in [-0.2, 0) is 17.7 Å². The molecule has 33 heavy (non-hydrogen) atoms. The van der Waals surface area contributed by atoms with Crippen LogP contribution in [0.15, 0.2) is 53.5 Å². The first-order chi connectivity index (χ1) is 15.7. The van der Waals surface area contributed by atoms with Gasteiger partial charge in [0, 0.05) is 39.8 Å². The summed E-state index contributed by atoms with van der Waals surface area (Å²) >= 11 is 0. The van der Waals surface area contributed by atoms with Gasteiger partial charge in [-0.05, 0) is 35.7 Å².